The lowest BCUT2D eigenvalue weighted by atomic mass is 10.0. The largest absolute Gasteiger partial charge is 0.417 e. The Bertz CT molecular complexity index is 1090. The Kier molecular flexibility index (Phi) is 5.13. The van der Waals surface area contributed by atoms with Crippen LogP contribution >= 0.6 is 11.6 Å². The number of halogens is 1. The van der Waals surface area contributed by atoms with Crippen LogP contribution in [0.1, 0.15) is 5.56 Å². The highest BCUT2D eigenvalue weighted by atomic mass is 35.5. The first-order valence-corrected chi connectivity index (χ1v) is 9.77. The van der Waals surface area contributed by atoms with E-state index in [0.29, 0.717) is 28.8 Å². The molecule has 1 saturated heterocycles. The number of hydrogen-bond donors (Lipinski definition) is 1. The SMILES string of the molecule is CN1C(=O)C2C=C(C(=O)Nc3ccc(Cl)cc3)[N+](Cc3ccccc3)=C2N(C)C1=O. The van der Waals surface area contributed by atoms with Crippen molar-refractivity contribution < 1.29 is 19.0 Å². The van der Waals surface area contributed by atoms with Gasteiger partial charge in [0.2, 0.25) is 0 Å². The molecule has 1 fully saturated rings. The Hall–Kier alpha value is -3.45. The van der Waals surface area contributed by atoms with Crippen molar-refractivity contribution in [2.45, 2.75) is 6.54 Å². The number of amides is 4. The third-order valence-corrected chi connectivity index (χ3v) is 5.45. The fourth-order valence-corrected chi connectivity index (χ4v) is 3.80. The van der Waals surface area contributed by atoms with Gasteiger partial charge in [0.05, 0.1) is 7.05 Å². The molecule has 152 valence electrons. The van der Waals surface area contributed by atoms with Crippen LogP contribution in [0.5, 0.6) is 0 Å². The number of amidine groups is 1. The van der Waals surface area contributed by atoms with Crippen molar-refractivity contribution in [3.63, 3.8) is 0 Å². The summed E-state index contributed by atoms with van der Waals surface area (Å²) >= 11 is 5.92. The van der Waals surface area contributed by atoms with E-state index in [9.17, 15) is 14.4 Å². The summed E-state index contributed by atoms with van der Waals surface area (Å²) in [4.78, 5) is 40.9. The number of nitrogens with zero attached hydrogens (tertiary/aromatic N) is 3. The second-order valence-electron chi connectivity index (χ2n) is 7.16. The molecule has 2 aromatic rings. The van der Waals surface area contributed by atoms with Crippen molar-refractivity contribution in [3.8, 4) is 0 Å². The summed E-state index contributed by atoms with van der Waals surface area (Å²) < 4.78 is 1.73. The smallest absolute Gasteiger partial charge is 0.319 e. The van der Waals surface area contributed by atoms with E-state index in [1.807, 2.05) is 30.3 Å². The summed E-state index contributed by atoms with van der Waals surface area (Å²) in [6, 6.07) is 15.9. The van der Waals surface area contributed by atoms with Crippen LogP contribution in [0.15, 0.2) is 66.4 Å². The highest BCUT2D eigenvalue weighted by Gasteiger charge is 2.51. The van der Waals surface area contributed by atoms with Crippen LogP contribution in [0, 0.1) is 5.92 Å². The molecule has 0 saturated carbocycles. The van der Waals surface area contributed by atoms with Gasteiger partial charge in [-0.1, -0.05) is 41.9 Å². The Morgan fingerprint density at radius 1 is 1.03 bits per heavy atom. The van der Waals surface area contributed by atoms with E-state index in [1.54, 1.807) is 42.0 Å². The topological polar surface area (TPSA) is 72.7 Å². The molecule has 2 heterocycles. The fraction of sp³-hybridized carbons (Fsp3) is 0.182. The minimum atomic E-state index is -0.701. The number of anilines is 1. The Balaban J connectivity index is 1.74. The molecule has 2 aliphatic rings. The lowest BCUT2D eigenvalue weighted by molar-refractivity contribution is -0.489. The van der Waals surface area contributed by atoms with Gasteiger partial charge in [-0.05, 0) is 35.9 Å². The van der Waals surface area contributed by atoms with Crippen LogP contribution in [0.25, 0.3) is 0 Å². The number of urea groups is 1. The van der Waals surface area contributed by atoms with E-state index in [0.717, 1.165) is 10.5 Å². The third-order valence-electron chi connectivity index (χ3n) is 5.20. The Labute approximate surface area is 178 Å². The zero-order valence-corrected chi connectivity index (χ0v) is 17.3. The molecule has 1 unspecified atom stereocenters. The van der Waals surface area contributed by atoms with Crippen LogP contribution in [0.2, 0.25) is 5.02 Å². The third kappa shape index (κ3) is 3.48. The summed E-state index contributed by atoms with van der Waals surface area (Å²) in [5.41, 5.74) is 1.85. The second kappa shape index (κ2) is 7.76. The molecule has 1 atom stereocenters. The Morgan fingerprint density at radius 3 is 2.37 bits per heavy atom. The van der Waals surface area contributed by atoms with Crippen molar-refractivity contribution in [2.75, 3.05) is 19.4 Å². The van der Waals surface area contributed by atoms with Gasteiger partial charge >= 0.3 is 6.03 Å². The normalized spacial score (nSPS) is 18.5. The molecule has 2 aromatic carbocycles. The van der Waals surface area contributed by atoms with Gasteiger partial charge in [0.15, 0.2) is 11.6 Å². The van der Waals surface area contributed by atoms with Crippen molar-refractivity contribution in [3.05, 3.63) is 77.0 Å². The summed E-state index contributed by atoms with van der Waals surface area (Å²) in [6.07, 6.45) is 1.62. The molecule has 4 amide bonds. The highest BCUT2D eigenvalue weighted by Crippen LogP contribution is 2.28. The van der Waals surface area contributed by atoms with E-state index in [2.05, 4.69) is 5.32 Å². The molecule has 0 aromatic heterocycles. The minimum Gasteiger partial charge on any atom is -0.319 e. The first-order chi connectivity index (χ1) is 14.4. The van der Waals surface area contributed by atoms with Crippen LogP contribution in [-0.2, 0) is 16.1 Å². The zero-order valence-electron chi connectivity index (χ0n) is 16.5. The van der Waals surface area contributed by atoms with Gasteiger partial charge < -0.3 is 5.32 Å². The summed E-state index contributed by atoms with van der Waals surface area (Å²) in [6.45, 7) is 0.348. The maximum absolute atomic E-state index is 13.1. The fourth-order valence-electron chi connectivity index (χ4n) is 3.67. The molecule has 0 bridgehead atoms. The van der Waals surface area contributed by atoms with E-state index in [-0.39, 0.29) is 11.8 Å². The van der Waals surface area contributed by atoms with E-state index in [1.165, 1.54) is 11.9 Å². The quantitative estimate of drug-likeness (QED) is 0.768. The standard InChI is InChI=1S/C22H19ClN4O3/c1-25-20-17(21(29)26(2)22(25)30)12-18(27(20)13-14-6-4-3-5-7-14)19(28)24-16-10-8-15(23)9-11-16/h3-12,17H,13H2,1-2H3/p+1. The summed E-state index contributed by atoms with van der Waals surface area (Å²) in [5.74, 6) is -0.951. The van der Waals surface area contributed by atoms with E-state index >= 15 is 0 Å². The van der Waals surface area contributed by atoms with Crippen molar-refractivity contribution in [2.24, 2.45) is 5.92 Å². The molecule has 30 heavy (non-hydrogen) atoms. The summed E-state index contributed by atoms with van der Waals surface area (Å²) in [7, 11) is 3.05. The monoisotopic (exact) mass is 423 g/mol. The maximum Gasteiger partial charge on any atom is 0.417 e. The van der Waals surface area contributed by atoms with Crippen LogP contribution < -0.4 is 5.32 Å². The molecule has 2 aliphatic heterocycles. The number of fused-ring (bicyclic) bond motifs is 1. The first kappa shape index (κ1) is 19.8. The average Bonchev–Trinajstić information content (AvgIpc) is 3.12. The molecule has 7 nitrogen and oxygen atoms in total. The Morgan fingerprint density at radius 2 is 1.70 bits per heavy atom. The lowest BCUT2D eigenvalue weighted by Crippen LogP contribution is -2.57. The van der Waals surface area contributed by atoms with Crippen LogP contribution in [-0.4, -0.2) is 52.2 Å². The number of hydrogen-bond acceptors (Lipinski definition) is 3. The summed E-state index contributed by atoms with van der Waals surface area (Å²) in [5, 5.41) is 3.40. The molecular weight excluding hydrogens is 404 g/mol. The molecule has 0 radical (unpaired) electrons. The second-order valence-corrected chi connectivity index (χ2v) is 7.60. The number of carbonyl (C=O) groups is 3. The highest BCUT2D eigenvalue weighted by molar-refractivity contribution is 6.30. The van der Waals surface area contributed by atoms with Gasteiger partial charge in [0.25, 0.3) is 17.6 Å². The molecular formula is C22H20ClN4O3+. The van der Waals surface area contributed by atoms with Crippen molar-refractivity contribution in [1.82, 2.24) is 9.80 Å². The van der Waals surface area contributed by atoms with Crippen molar-refractivity contribution in [1.29, 1.82) is 0 Å². The predicted molar refractivity (Wildman–Crippen MR) is 113 cm³/mol. The number of carbonyl (C=O) groups excluding carboxylic acids is 3. The number of rotatable bonds is 4. The molecule has 1 N–H and O–H groups in total. The number of nitrogens with one attached hydrogen (secondary N) is 1. The minimum absolute atomic E-state index is 0.317. The van der Waals surface area contributed by atoms with Gasteiger partial charge in [-0.25, -0.2) is 14.3 Å². The van der Waals surface area contributed by atoms with Gasteiger partial charge in [-0.2, -0.15) is 4.90 Å². The molecule has 8 heteroatoms. The van der Waals surface area contributed by atoms with Crippen LogP contribution in [0.3, 0.4) is 0 Å². The maximum atomic E-state index is 13.1. The van der Waals surface area contributed by atoms with Gasteiger partial charge in [0.1, 0.15) is 6.54 Å². The molecule has 0 spiro atoms. The average molecular weight is 424 g/mol. The van der Waals surface area contributed by atoms with Crippen molar-refractivity contribution >= 4 is 41.0 Å². The zero-order chi connectivity index (χ0) is 21.4. The molecule has 0 aliphatic carbocycles. The van der Waals surface area contributed by atoms with Gasteiger partial charge in [-0.15, -0.1) is 0 Å². The van der Waals surface area contributed by atoms with Gasteiger partial charge in [0, 0.05) is 17.8 Å². The lowest BCUT2D eigenvalue weighted by Gasteiger charge is -2.27. The predicted octanol–water partition coefficient (Wildman–Crippen LogP) is 2.93. The number of imide groups is 1. The number of benzene rings is 2. The first-order valence-electron chi connectivity index (χ1n) is 9.39. The van der Waals surface area contributed by atoms with E-state index < -0.39 is 11.9 Å². The van der Waals surface area contributed by atoms with E-state index in [4.69, 9.17) is 11.6 Å². The van der Waals surface area contributed by atoms with Gasteiger partial charge in [-0.3, -0.25) is 9.59 Å². The van der Waals surface area contributed by atoms with Crippen LogP contribution in [0.4, 0.5) is 10.5 Å². The molecule has 4 rings (SSSR count).